The quantitative estimate of drug-likeness (QED) is 0.716. The van der Waals surface area contributed by atoms with Gasteiger partial charge >= 0.3 is 11.9 Å². The Bertz CT molecular complexity index is 498. The lowest BCUT2D eigenvalue weighted by molar-refractivity contribution is -0.143. The Kier molecular flexibility index (Phi) is 6.21. The van der Waals surface area contributed by atoms with Crippen LogP contribution in [0.25, 0.3) is 6.08 Å². The van der Waals surface area contributed by atoms with Crippen molar-refractivity contribution in [2.45, 2.75) is 18.9 Å². The number of nitrogens with two attached hydrogens (primary N) is 1. The van der Waals surface area contributed by atoms with Crippen molar-refractivity contribution in [3.05, 3.63) is 40.9 Å². The molecule has 0 aromatic heterocycles. The van der Waals surface area contributed by atoms with Crippen LogP contribution >= 0.6 is 11.6 Å². The van der Waals surface area contributed by atoms with E-state index in [4.69, 9.17) is 27.5 Å². The van der Waals surface area contributed by atoms with Gasteiger partial charge in [-0.25, -0.2) is 0 Å². The van der Waals surface area contributed by atoms with E-state index in [2.05, 4.69) is 0 Å². The second-order valence-electron chi connectivity index (χ2n) is 4.41. The van der Waals surface area contributed by atoms with Crippen molar-refractivity contribution < 1.29 is 19.8 Å². The molecular formula is C14H16ClNO4. The van der Waals surface area contributed by atoms with E-state index >= 15 is 0 Å². The Hall–Kier alpha value is -1.85. The van der Waals surface area contributed by atoms with E-state index in [0.29, 0.717) is 5.02 Å². The van der Waals surface area contributed by atoms with Crippen molar-refractivity contribution >= 4 is 29.6 Å². The van der Waals surface area contributed by atoms with Crippen LogP contribution < -0.4 is 5.73 Å². The summed E-state index contributed by atoms with van der Waals surface area (Å²) in [6.45, 7) is 0. The van der Waals surface area contributed by atoms with Gasteiger partial charge in [0, 0.05) is 5.02 Å². The zero-order chi connectivity index (χ0) is 15.1. The molecule has 0 radical (unpaired) electrons. The summed E-state index contributed by atoms with van der Waals surface area (Å²) in [5.74, 6) is -3.06. The number of rotatable bonds is 7. The lowest BCUT2D eigenvalue weighted by atomic mass is 9.96. The molecule has 2 atom stereocenters. The topological polar surface area (TPSA) is 101 Å². The van der Waals surface area contributed by atoms with Gasteiger partial charge in [-0.05, 0) is 30.5 Å². The molecule has 0 unspecified atom stereocenters. The fourth-order valence-electron chi connectivity index (χ4n) is 1.65. The molecule has 108 valence electrons. The van der Waals surface area contributed by atoms with E-state index in [9.17, 15) is 9.59 Å². The molecule has 0 fully saturated rings. The van der Waals surface area contributed by atoms with E-state index < -0.39 is 23.9 Å². The minimum Gasteiger partial charge on any atom is -0.481 e. The van der Waals surface area contributed by atoms with Crippen molar-refractivity contribution in [1.29, 1.82) is 0 Å². The van der Waals surface area contributed by atoms with Gasteiger partial charge in [-0.2, -0.15) is 0 Å². The Labute approximate surface area is 121 Å². The van der Waals surface area contributed by atoms with Crippen LogP contribution in [0.1, 0.15) is 18.4 Å². The van der Waals surface area contributed by atoms with Gasteiger partial charge in [0.1, 0.15) is 6.04 Å². The number of aliphatic carboxylic acids is 2. The molecule has 1 rings (SSSR count). The molecule has 1 aromatic rings. The summed E-state index contributed by atoms with van der Waals surface area (Å²) >= 11 is 5.75. The number of hydrogen-bond donors (Lipinski definition) is 3. The number of carboxylic acid groups (broad SMARTS) is 2. The zero-order valence-electron chi connectivity index (χ0n) is 10.7. The first kappa shape index (κ1) is 16.2. The maximum absolute atomic E-state index is 11.0. The van der Waals surface area contributed by atoms with Crippen molar-refractivity contribution in [2.75, 3.05) is 0 Å². The van der Waals surface area contributed by atoms with Crippen molar-refractivity contribution in [2.24, 2.45) is 11.7 Å². The van der Waals surface area contributed by atoms with Crippen LogP contribution in [-0.4, -0.2) is 28.2 Å². The molecule has 0 amide bonds. The standard InChI is InChI=1S/C14H16ClNO4/c15-11-6-4-9(5-7-11)2-1-3-10(13(17)18)8-12(16)14(19)20/h1-2,4-7,10,12H,3,8,16H2,(H,17,18)(H,19,20)/b2-1+/t10-,12+/m1/s1. The third-order valence-electron chi connectivity index (χ3n) is 2.81. The average molecular weight is 298 g/mol. The molecule has 4 N–H and O–H groups in total. The van der Waals surface area contributed by atoms with Gasteiger partial charge in [0.2, 0.25) is 0 Å². The van der Waals surface area contributed by atoms with E-state index in [1.54, 1.807) is 36.4 Å². The molecule has 0 aliphatic heterocycles. The Morgan fingerprint density at radius 1 is 1.20 bits per heavy atom. The predicted molar refractivity (Wildman–Crippen MR) is 76.5 cm³/mol. The van der Waals surface area contributed by atoms with Gasteiger partial charge in [0.25, 0.3) is 0 Å². The maximum Gasteiger partial charge on any atom is 0.320 e. The first-order chi connectivity index (χ1) is 9.40. The van der Waals surface area contributed by atoms with Crippen LogP contribution in [-0.2, 0) is 9.59 Å². The second-order valence-corrected chi connectivity index (χ2v) is 4.84. The van der Waals surface area contributed by atoms with Crippen molar-refractivity contribution in [3.8, 4) is 0 Å². The summed E-state index contributed by atoms with van der Waals surface area (Å²) < 4.78 is 0. The molecule has 0 spiro atoms. The zero-order valence-corrected chi connectivity index (χ0v) is 11.5. The molecule has 5 nitrogen and oxygen atoms in total. The molecular weight excluding hydrogens is 282 g/mol. The summed E-state index contributed by atoms with van der Waals surface area (Å²) in [5.41, 5.74) is 6.24. The fraction of sp³-hybridized carbons (Fsp3) is 0.286. The van der Waals surface area contributed by atoms with Crippen LogP contribution in [0, 0.1) is 5.92 Å². The highest BCUT2D eigenvalue weighted by Gasteiger charge is 2.23. The normalized spacial score (nSPS) is 14.1. The second kappa shape index (κ2) is 7.67. The number of allylic oxidation sites excluding steroid dienone is 1. The molecule has 0 saturated heterocycles. The number of halogens is 1. The van der Waals surface area contributed by atoms with Gasteiger partial charge < -0.3 is 15.9 Å². The summed E-state index contributed by atoms with van der Waals surface area (Å²) in [6, 6.07) is 5.90. The largest absolute Gasteiger partial charge is 0.481 e. The molecule has 20 heavy (non-hydrogen) atoms. The lowest BCUT2D eigenvalue weighted by Crippen LogP contribution is -2.34. The number of benzene rings is 1. The van der Waals surface area contributed by atoms with Gasteiger partial charge in [-0.15, -0.1) is 0 Å². The van der Waals surface area contributed by atoms with Crippen LogP contribution in [0.15, 0.2) is 30.3 Å². The Morgan fingerprint density at radius 2 is 1.80 bits per heavy atom. The third-order valence-corrected chi connectivity index (χ3v) is 3.06. The minimum atomic E-state index is -1.20. The Balaban J connectivity index is 2.60. The van der Waals surface area contributed by atoms with E-state index in [0.717, 1.165) is 5.56 Å². The summed E-state index contributed by atoms with van der Waals surface area (Å²) in [7, 11) is 0. The molecule has 6 heteroatoms. The summed E-state index contributed by atoms with van der Waals surface area (Å²) in [4.78, 5) is 21.7. The molecule has 0 saturated carbocycles. The molecule has 0 heterocycles. The van der Waals surface area contributed by atoms with E-state index in [1.807, 2.05) is 0 Å². The predicted octanol–water partition coefficient (Wildman–Crippen LogP) is 2.25. The molecule has 0 aliphatic rings. The maximum atomic E-state index is 11.0. The van der Waals surface area contributed by atoms with Crippen LogP contribution in [0.3, 0.4) is 0 Å². The first-order valence-corrected chi connectivity index (χ1v) is 6.41. The van der Waals surface area contributed by atoms with Crippen molar-refractivity contribution in [3.63, 3.8) is 0 Å². The van der Waals surface area contributed by atoms with Gasteiger partial charge in [0.15, 0.2) is 0 Å². The highest BCUT2D eigenvalue weighted by atomic mass is 35.5. The lowest BCUT2D eigenvalue weighted by Gasteiger charge is -2.12. The van der Waals surface area contributed by atoms with Crippen molar-refractivity contribution in [1.82, 2.24) is 0 Å². The minimum absolute atomic E-state index is 0.102. The van der Waals surface area contributed by atoms with Crippen LogP contribution in [0.4, 0.5) is 0 Å². The number of carbonyl (C=O) groups is 2. The number of carboxylic acids is 2. The summed E-state index contributed by atoms with van der Waals surface area (Å²) in [6.07, 6.45) is 3.57. The Morgan fingerprint density at radius 3 is 2.30 bits per heavy atom. The monoisotopic (exact) mass is 297 g/mol. The van der Waals surface area contributed by atoms with E-state index in [-0.39, 0.29) is 12.8 Å². The molecule has 0 bridgehead atoms. The van der Waals surface area contributed by atoms with Gasteiger partial charge in [-0.1, -0.05) is 35.9 Å². The SMILES string of the molecule is N[C@@H](C[C@@H](C/C=C/c1ccc(Cl)cc1)C(=O)O)C(=O)O. The summed E-state index contributed by atoms with van der Waals surface area (Å²) in [5, 5.41) is 18.4. The average Bonchev–Trinajstić information content (AvgIpc) is 2.39. The fourth-order valence-corrected chi connectivity index (χ4v) is 1.77. The van der Waals surface area contributed by atoms with Gasteiger partial charge in [-0.3, -0.25) is 9.59 Å². The molecule has 0 aliphatic carbocycles. The first-order valence-electron chi connectivity index (χ1n) is 6.03. The van der Waals surface area contributed by atoms with Crippen LogP contribution in [0.2, 0.25) is 5.02 Å². The van der Waals surface area contributed by atoms with Gasteiger partial charge in [0.05, 0.1) is 5.92 Å². The highest BCUT2D eigenvalue weighted by molar-refractivity contribution is 6.30. The van der Waals surface area contributed by atoms with E-state index in [1.165, 1.54) is 0 Å². The highest BCUT2D eigenvalue weighted by Crippen LogP contribution is 2.15. The third kappa shape index (κ3) is 5.42. The number of hydrogen-bond acceptors (Lipinski definition) is 3. The van der Waals surface area contributed by atoms with Crippen LogP contribution in [0.5, 0.6) is 0 Å². The molecule has 1 aromatic carbocycles. The smallest absolute Gasteiger partial charge is 0.320 e.